The first-order chi connectivity index (χ1) is 13.8. The van der Waals surface area contributed by atoms with Crippen molar-refractivity contribution in [2.75, 3.05) is 13.1 Å². The SMILES string of the molecule is NCC1CCCCN1C(=O)Cn1c(COc2ccccc2)nc2ccccc21. The van der Waals surface area contributed by atoms with Crippen LogP contribution in [0.15, 0.2) is 54.6 Å². The molecule has 2 heterocycles. The van der Waals surface area contributed by atoms with Crippen molar-refractivity contribution in [3.63, 3.8) is 0 Å². The number of rotatable bonds is 6. The van der Waals surface area contributed by atoms with E-state index in [1.165, 1.54) is 0 Å². The highest BCUT2D eigenvalue weighted by atomic mass is 16.5. The lowest BCUT2D eigenvalue weighted by Crippen LogP contribution is -2.48. The Labute approximate surface area is 164 Å². The normalized spacial score (nSPS) is 17.0. The zero-order chi connectivity index (χ0) is 19.3. The van der Waals surface area contributed by atoms with Crippen molar-refractivity contribution in [1.29, 1.82) is 0 Å². The Bertz CT molecular complexity index is 938. The maximum absolute atomic E-state index is 13.1. The highest BCUT2D eigenvalue weighted by Gasteiger charge is 2.26. The van der Waals surface area contributed by atoms with E-state index in [-0.39, 0.29) is 18.5 Å². The minimum Gasteiger partial charge on any atom is -0.486 e. The Hall–Kier alpha value is -2.86. The highest BCUT2D eigenvalue weighted by molar-refractivity contribution is 5.81. The molecular formula is C22H26N4O2. The van der Waals surface area contributed by atoms with Crippen LogP contribution in [0.4, 0.5) is 0 Å². The lowest BCUT2D eigenvalue weighted by atomic mass is 10.0. The molecule has 1 amide bonds. The van der Waals surface area contributed by atoms with E-state index < -0.39 is 0 Å². The van der Waals surface area contributed by atoms with E-state index in [4.69, 9.17) is 15.5 Å². The maximum atomic E-state index is 13.1. The van der Waals surface area contributed by atoms with Crippen LogP contribution in [0.2, 0.25) is 0 Å². The third kappa shape index (κ3) is 3.87. The van der Waals surface area contributed by atoms with Gasteiger partial charge in [-0.3, -0.25) is 4.79 Å². The summed E-state index contributed by atoms with van der Waals surface area (Å²) in [6.45, 7) is 1.86. The van der Waals surface area contributed by atoms with Crippen LogP contribution >= 0.6 is 0 Å². The van der Waals surface area contributed by atoms with Gasteiger partial charge in [0.25, 0.3) is 0 Å². The van der Waals surface area contributed by atoms with Gasteiger partial charge in [0.2, 0.25) is 5.91 Å². The van der Waals surface area contributed by atoms with Crippen LogP contribution in [0, 0.1) is 0 Å². The number of benzene rings is 2. The van der Waals surface area contributed by atoms with E-state index >= 15 is 0 Å². The zero-order valence-electron chi connectivity index (χ0n) is 16.0. The van der Waals surface area contributed by atoms with E-state index in [1.54, 1.807) is 0 Å². The number of imidazole rings is 1. The summed E-state index contributed by atoms with van der Waals surface area (Å²) < 4.78 is 7.88. The highest BCUT2D eigenvalue weighted by Crippen LogP contribution is 2.21. The number of hydrogen-bond acceptors (Lipinski definition) is 4. The molecule has 2 N–H and O–H groups in total. The van der Waals surface area contributed by atoms with Gasteiger partial charge in [0.15, 0.2) is 0 Å². The summed E-state index contributed by atoms with van der Waals surface area (Å²) >= 11 is 0. The number of ether oxygens (including phenoxy) is 1. The van der Waals surface area contributed by atoms with Gasteiger partial charge in [-0.25, -0.2) is 4.98 Å². The molecule has 0 radical (unpaired) electrons. The van der Waals surface area contributed by atoms with Crippen molar-refractivity contribution in [3.8, 4) is 5.75 Å². The summed E-state index contributed by atoms with van der Waals surface area (Å²) in [6, 6.07) is 17.7. The number of amides is 1. The second kappa shape index (κ2) is 8.44. The standard InChI is InChI=1S/C22H26N4O2/c23-14-17-8-6-7-13-25(17)22(27)15-26-20-12-5-4-11-19(20)24-21(26)16-28-18-9-2-1-3-10-18/h1-5,9-12,17H,6-8,13-16,23H2. The van der Waals surface area contributed by atoms with Crippen molar-refractivity contribution in [1.82, 2.24) is 14.5 Å². The van der Waals surface area contributed by atoms with Crippen molar-refractivity contribution in [2.24, 2.45) is 5.73 Å². The summed E-state index contributed by atoms with van der Waals surface area (Å²) in [5, 5.41) is 0. The fraction of sp³-hybridized carbons (Fsp3) is 0.364. The summed E-state index contributed by atoms with van der Waals surface area (Å²) in [5.41, 5.74) is 7.72. The second-order valence-electron chi connectivity index (χ2n) is 7.18. The maximum Gasteiger partial charge on any atom is 0.242 e. The van der Waals surface area contributed by atoms with Gasteiger partial charge in [-0.15, -0.1) is 0 Å². The number of carbonyl (C=O) groups excluding carboxylic acids is 1. The first-order valence-corrected chi connectivity index (χ1v) is 9.88. The minimum absolute atomic E-state index is 0.0965. The molecule has 4 rings (SSSR count). The van der Waals surface area contributed by atoms with E-state index in [9.17, 15) is 4.79 Å². The minimum atomic E-state index is 0.0965. The fourth-order valence-electron chi connectivity index (χ4n) is 3.88. The van der Waals surface area contributed by atoms with Crippen LogP contribution in [0.25, 0.3) is 11.0 Å². The third-order valence-electron chi connectivity index (χ3n) is 5.36. The number of nitrogens with zero attached hydrogens (tertiary/aromatic N) is 3. The number of carbonyl (C=O) groups is 1. The van der Waals surface area contributed by atoms with E-state index in [2.05, 4.69) is 0 Å². The van der Waals surface area contributed by atoms with Crippen LogP contribution in [0.3, 0.4) is 0 Å². The van der Waals surface area contributed by atoms with Crippen LogP contribution < -0.4 is 10.5 Å². The van der Waals surface area contributed by atoms with Gasteiger partial charge in [0.1, 0.15) is 24.7 Å². The molecule has 1 fully saturated rings. The first-order valence-electron chi connectivity index (χ1n) is 9.88. The Kier molecular flexibility index (Phi) is 5.58. The molecule has 6 nitrogen and oxygen atoms in total. The van der Waals surface area contributed by atoms with Gasteiger partial charge in [-0.1, -0.05) is 30.3 Å². The molecule has 2 aromatic carbocycles. The molecule has 1 aliphatic rings. The van der Waals surface area contributed by atoms with E-state index in [0.29, 0.717) is 13.2 Å². The van der Waals surface area contributed by atoms with Crippen LogP contribution in [0.1, 0.15) is 25.1 Å². The molecule has 1 unspecified atom stereocenters. The number of fused-ring (bicyclic) bond motifs is 1. The quantitative estimate of drug-likeness (QED) is 0.716. The summed E-state index contributed by atoms with van der Waals surface area (Å²) in [7, 11) is 0. The van der Waals surface area contributed by atoms with Gasteiger partial charge < -0.3 is 19.9 Å². The van der Waals surface area contributed by atoms with Gasteiger partial charge in [-0.05, 0) is 43.5 Å². The number of nitrogens with two attached hydrogens (primary N) is 1. The lowest BCUT2D eigenvalue weighted by Gasteiger charge is -2.35. The predicted octanol–water partition coefficient (Wildman–Crippen LogP) is 2.96. The molecule has 0 saturated carbocycles. The molecular weight excluding hydrogens is 352 g/mol. The summed E-state index contributed by atoms with van der Waals surface area (Å²) in [6.07, 6.45) is 3.16. The molecule has 6 heteroatoms. The molecule has 1 aromatic heterocycles. The molecule has 1 saturated heterocycles. The van der Waals surface area contributed by atoms with Gasteiger partial charge in [0, 0.05) is 19.1 Å². The third-order valence-corrected chi connectivity index (χ3v) is 5.36. The first kappa shape index (κ1) is 18.5. The largest absolute Gasteiger partial charge is 0.486 e. The Morgan fingerprint density at radius 3 is 2.71 bits per heavy atom. The number of likely N-dealkylation sites (tertiary alicyclic amines) is 1. The van der Waals surface area contributed by atoms with Crippen molar-refractivity contribution >= 4 is 16.9 Å². The van der Waals surface area contributed by atoms with Crippen molar-refractivity contribution in [2.45, 2.75) is 38.5 Å². The average molecular weight is 378 g/mol. The smallest absolute Gasteiger partial charge is 0.242 e. The average Bonchev–Trinajstić information content (AvgIpc) is 3.10. The van der Waals surface area contributed by atoms with Gasteiger partial charge in [-0.2, -0.15) is 0 Å². The molecule has 0 bridgehead atoms. The molecule has 1 aliphatic heterocycles. The zero-order valence-corrected chi connectivity index (χ0v) is 16.0. The summed E-state index contributed by atoms with van der Waals surface area (Å²) in [4.78, 5) is 19.7. The van der Waals surface area contributed by atoms with Crippen LogP contribution in [-0.2, 0) is 17.9 Å². The predicted molar refractivity (Wildman–Crippen MR) is 109 cm³/mol. The fourth-order valence-corrected chi connectivity index (χ4v) is 3.88. The topological polar surface area (TPSA) is 73.4 Å². The van der Waals surface area contributed by atoms with Gasteiger partial charge >= 0.3 is 0 Å². The molecule has 0 spiro atoms. The molecule has 0 aliphatic carbocycles. The Morgan fingerprint density at radius 2 is 1.89 bits per heavy atom. The lowest BCUT2D eigenvalue weighted by molar-refractivity contribution is -0.135. The second-order valence-corrected chi connectivity index (χ2v) is 7.18. The Morgan fingerprint density at radius 1 is 1.11 bits per heavy atom. The number of aromatic nitrogens is 2. The molecule has 3 aromatic rings. The number of piperidine rings is 1. The number of para-hydroxylation sites is 3. The van der Waals surface area contributed by atoms with Crippen LogP contribution in [-0.4, -0.2) is 39.5 Å². The Balaban J connectivity index is 1.58. The number of hydrogen-bond donors (Lipinski definition) is 1. The molecule has 1 atom stereocenters. The molecule has 28 heavy (non-hydrogen) atoms. The van der Waals surface area contributed by atoms with E-state index in [1.807, 2.05) is 64.1 Å². The van der Waals surface area contributed by atoms with Crippen LogP contribution in [0.5, 0.6) is 5.75 Å². The van der Waals surface area contributed by atoms with Crippen molar-refractivity contribution in [3.05, 3.63) is 60.4 Å². The summed E-state index contributed by atoms with van der Waals surface area (Å²) in [5.74, 6) is 1.63. The van der Waals surface area contributed by atoms with Crippen molar-refractivity contribution < 1.29 is 9.53 Å². The molecule has 146 valence electrons. The van der Waals surface area contributed by atoms with Gasteiger partial charge in [0.05, 0.1) is 11.0 Å². The van der Waals surface area contributed by atoms with E-state index in [0.717, 1.165) is 48.4 Å². The monoisotopic (exact) mass is 378 g/mol.